The van der Waals surface area contributed by atoms with Crippen LogP contribution in [0.25, 0.3) is 0 Å². The molecule has 1 saturated heterocycles. The van der Waals surface area contributed by atoms with Crippen molar-refractivity contribution in [2.45, 2.75) is 32.0 Å². The molecule has 0 spiro atoms. The summed E-state index contributed by atoms with van der Waals surface area (Å²) in [5.41, 5.74) is 1.99. The molecule has 0 saturated carbocycles. The molecule has 0 amide bonds. The van der Waals surface area contributed by atoms with Crippen LogP contribution in [0.15, 0.2) is 47.6 Å². The summed E-state index contributed by atoms with van der Waals surface area (Å²) in [6, 6.07) is 12.7. The van der Waals surface area contributed by atoms with E-state index in [1.54, 1.807) is 13.1 Å². The lowest BCUT2D eigenvalue weighted by Gasteiger charge is -2.32. The Bertz CT molecular complexity index is 838. The van der Waals surface area contributed by atoms with Crippen molar-refractivity contribution in [1.82, 2.24) is 20.5 Å². The molecule has 1 aliphatic heterocycles. The monoisotopic (exact) mass is 380 g/mol. The van der Waals surface area contributed by atoms with Gasteiger partial charge in [0.25, 0.3) is 0 Å². The molecule has 146 valence electrons. The molecule has 7 heteroatoms. The Morgan fingerprint density at radius 2 is 2.14 bits per heavy atom. The SMILES string of the molecule is CN=C(NCc1cc(C#N)ccc1F)NC1CCN(Cc2ccccn2)CC1. The van der Waals surface area contributed by atoms with Crippen LogP contribution >= 0.6 is 0 Å². The number of piperidine rings is 1. The van der Waals surface area contributed by atoms with Crippen LogP contribution < -0.4 is 10.6 Å². The predicted octanol–water partition coefficient (Wildman–Crippen LogP) is 2.42. The molecule has 0 radical (unpaired) electrons. The van der Waals surface area contributed by atoms with Crippen LogP contribution in [0, 0.1) is 17.1 Å². The summed E-state index contributed by atoms with van der Waals surface area (Å²) in [5.74, 6) is 0.315. The minimum Gasteiger partial charge on any atom is -0.354 e. The first-order valence-electron chi connectivity index (χ1n) is 9.46. The number of nitrogens with one attached hydrogen (secondary N) is 2. The van der Waals surface area contributed by atoms with Crippen molar-refractivity contribution in [3.8, 4) is 6.07 Å². The van der Waals surface area contributed by atoms with Crippen molar-refractivity contribution in [2.24, 2.45) is 4.99 Å². The molecule has 6 nitrogen and oxygen atoms in total. The molecule has 0 aliphatic carbocycles. The highest BCUT2D eigenvalue weighted by molar-refractivity contribution is 5.80. The summed E-state index contributed by atoms with van der Waals surface area (Å²) >= 11 is 0. The van der Waals surface area contributed by atoms with Crippen molar-refractivity contribution >= 4 is 5.96 Å². The third kappa shape index (κ3) is 5.51. The van der Waals surface area contributed by atoms with Crippen LogP contribution in [0.5, 0.6) is 0 Å². The second-order valence-corrected chi connectivity index (χ2v) is 6.86. The second-order valence-electron chi connectivity index (χ2n) is 6.86. The van der Waals surface area contributed by atoms with Gasteiger partial charge in [-0.15, -0.1) is 0 Å². The number of rotatable bonds is 5. The van der Waals surface area contributed by atoms with E-state index in [4.69, 9.17) is 5.26 Å². The van der Waals surface area contributed by atoms with Crippen LogP contribution in [-0.4, -0.2) is 42.0 Å². The Kier molecular flexibility index (Phi) is 6.93. The summed E-state index contributed by atoms with van der Waals surface area (Å²) in [7, 11) is 1.70. The summed E-state index contributed by atoms with van der Waals surface area (Å²) in [6.07, 6.45) is 3.84. The number of hydrogen-bond acceptors (Lipinski definition) is 4. The number of nitriles is 1. The first-order chi connectivity index (χ1) is 13.7. The normalized spacial score (nSPS) is 15.8. The highest BCUT2D eigenvalue weighted by Crippen LogP contribution is 2.13. The molecule has 2 N–H and O–H groups in total. The van der Waals surface area contributed by atoms with Crippen LogP contribution in [0.4, 0.5) is 4.39 Å². The number of benzene rings is 1. The van der Waals surface area contributed by atoms with E-state index in [0.717, 1.165) is 38.2 Å². The lowest BCUT2D eigenvalue weighted by atomic mass is 10.0. The average Bonchev–Trinajstić information content (AvgIpc) is 2.74. The molecule has 2 aromatic rings. The summed E-state index contributed by atoms with van der Waals surface area (Å²) < 4.78 is 13.9. The molecule has 1 aromatic heterocycles. The van der Waals surface area contributed by atoms with Crippen molar-refractivity contribution in [3.63, 3.8) is 0 Å². The van der Waals surface area contributed by atoms with E-state index in [1.165, 1.54) is 12.1 Å². The van der Waals surface area contributed by atoms with Gasteiger partial charge in [0.05, 0.1) is 17.3 Å². The van der Waals surface area contributed by atoms with Crippen LogP contribution in [-0.2, 0) is 13.1 Å². The smallest absolute Gasteiger partial charge is 0.191 e. The van der Waals surface area contributed by atoms with E-state index in [1.807, 2.05) is 24.4 Å². The van der Waals surface area contributed by atoms with E-state index in [-0.39, 0.29) is 12.4 Å². The van der Waals surface area contributed by atoms with Gasteiger partial charge in [-0.25, -0.2) is 4.39 Å². The largest absolute Gasteiger partial charge is 0.354 e. The van der Waals surface area contributed by atoms with E-state index < -0.39 is 0 Å². The van der Waals surface area contributed by atoms with Crippen LogP contribution in [0.3, 0.4) is 0 Å². The van der Waals surface area contributed by atoms with Crippen molar-refractivity contribution < 1.29 is 4.39 Å². The highest BCUT2D eigenvalue weighted by Gasteiger charge is 2.20. The summed E-state index contributed by atoms with van der Waals surface area (Å²) in [6.45, 7) is 3.13. The lowest BCUT2D eigenvalue weighted by molar-refractivity contribution is 0.196. The third-order valence-corrected chi connectivity index (χ3v) is 4.88. The average molecular weight is 380 g/mol. The van der Waals surface area contributed by atoms with E-state index in [9.17, 15) is 4.39 Å². The third-order valence-electron chi connectivity index (χ3n) is 4.88. The zero-order chi connectivity index (χ0) is 19.8. The standard InChI is InChI=1S/C21H25FN6/c1-24-21(26-14-17-12-16(13-23)5-6-20(17)22)27-18-7-10-28(11-8-18)15-19-4-2-3-9-25-19/h2-6,9,12,18H,7-8,10-11,14-15H2,1H3,(H2,24,26,27). The number of pyridine rings is 1. The number of aromatic nitrogens is 1. The van der Waals surface area contributed by atoms with E-state index in [0.29, 0.717) is 23.1 Å². The van der Waals surface area contributed by atoms with Gasteiger partial charge in [-0.05, 0) is 43.2 Å². The zero-order valence-electron chi connectivity index (χ0n) is 16.0. The first-order valence-corrected chi connectivity index (χ1v) is 9.46. The number of likely N-dealkylation sites (tertiary alicyclic amines) is 1. The molecule has 1 aromatic carbocycles. The Hall–Kier alpha value is -2.98. The molecule has 1 fully saturated rings. The van der Waals surface area contributed by atoms with Gasteiger partial charge in [-0.2, -0.15) is 5.26 Å². The lowest BCUT2D eigenvalue weighted by Crippen LogP contribution is -2.48. The van der Waals surface area contributed by atoms with Gasteiger partial charge >= 0.3 is 0 Å². The second kappa shape index (κ2) is 9.81. The summed E-state index contributed by atoms with van der Waals surface area (Å²) in [4.78, 5) is 11.0. The van der Waals surface area contributed by atoms with E-state index >= 15 is 0 Å². The predicted molar refractivity (Wildman–Crippen MR) is 107 cm³/mol. The topological polar surface area (TPSA) is 76.3 Å². The molecule has 1 aliphatic rings. The maximum atomic E-state index is 13.9. The molecule has 3 rings (SSSR count). The molecule has 0 unspecified atom stereocenters. The van der Waals surface area contributed by atoms with Crippen LogP contribution in [0.1, 0.15) is 29.7 Å². The fourth-order valence-corrected chi connectivity index (χ4v) is 3.30. The van der Waals surface area contributed by atoms with Crippen molar-refractivity contribution in [3.05, 3.63) is 65.2 Å². The van der Waals surface area contributed by atoms with Crippen molar-refractivity contribution in [2.75, 3.05) is 20.1 Å². The van der Waals surface area contributed by atoms with Gasteiger partial charge in [0.15, 0.2) is 5.96 Å². The number of hydrogen-bond donors (Lipinski definition) is 2. The van der Waals surface area contributed by atoms with Gasteiger partial charge in [0.2, 0.25) is 0 Å². The number of nitrogens with zero attached hydrogens (tertiary/aromatic N) is 4. The maximum absolute atomic E-state index is 13.9. The van der Waals surface area contributed by atoms with E-state index in [2.05, 4.69) is 31.6 Å². The number of halogens is 1. The van der Waals surface area contributed by atoms with Gasteiger partial charge in [0.1, 0.15) is 5.82 Å². The maximum Gasteiger partial charge on any atom is 0.191 e. The molecular formula is C21H25FN6. The Balaban J connectivity index is 1.46. The number of guanidine groups is 1. The molecular weight excluding hydrogens is 355 g/mol. The summed E-state index contributed by atoms with van der Waals surface area (Å²) in [5, 5.41) is 15.5. The van der Waals surface area contributed by atoms with Crippen molar-refractivity contribution in [1.29, 1.82) is 5.26 Å². The van der Waals surface area contributed by atoms with Gasteiger partial charge in [-0.1, -0.05) is 6.07 Å². The Labute approximate surface area is 165 Å². The molecule has 0 bridgehead atoms. The minimum absolute atomic E-state index is 0.277. The fourth-order valence-electron chi connectivity index (χ4n) is 3.30. The first kappa shape index (κ1) is 19.8. The number of aliphatic imine (C=N–C) groups is 1. The molecule has 0 atom stereocenters. The van der Waals surface area contributed by atoms with Crippen LogP contribution in [0.2, 0.25) is 0 Å². The minimum atomic E-state index is -0.329. The Morgan fingerprint density at radius 3 is 2.82 bits per heavy atom. The van der Waals surface area contributed by atoms with Gasteiger partial charge in [0, 0.05) is 51.0 Å². The molecule has 28 heavy (non-hydrogen) atoms. The van der Waals surface area contributed by atoms with Gasteiger partial charge < -0.3 is 10.6 Å². The fraction of sp³-hybridized carbons (Fsp3) is 0.381. The Morgan fingerprint density at radius 1 is 1.32 bits per heavy atom. The van der Waals surface area contributed by atoms with Gasteiger partial charge in [-0.3, -0.25) is 14.9 Å². The highest BCUT2D eigenvalue weighted by atomic mass is 19.1. The molecule has 2 heterocycles. The zero-order valence-corrected chi connectivity index (χ0v) is 16.0. The quantitative estimate of drug-likeness (QED) is 0.615.